The van der Waals surface area contributed by atoms with Crippen molar-refractivity contribution in [2.45, 2.75) is 6.18 Å². The first-order valence-corrected chi connectivity index (χ1v) is 10.6. The van der Waals surface area contributed by atoms with Crippen molar-refractivity contribution in [2.75, 3.05) is 39.1 Å². The van der Waals surface area contributed by atoms with Gasteiger partial charge in [-0.15, -0.1) is 0 Å². The largest absolute Gasteiger partial charge is 0.495 e. The lowest BCUT2D eigenvalue weighted by molar-refractivity contribution is -0.137. The molecule has 0 fully saturated rings. The zero-order chi connectivity index (χ0) is 26.3. The van der Waals surface area contributed by atoms with Crippen molar-refractivity contribution < 1.29 is 36.9 Å². The third kappa shape index (κ3) is 6.41. The number of rotatable bonds is 8. The molecule has 0 radical (unpaired) electrons. The fourth-order valence-corrected chi connectivity index (χ4v) is 3.34. The highest BCUT2D eigenvalue weighted by atomic mass is 19.4. The van der Waals surface area contributed by atoms with E-state index in [0.717, 1.165) is 23.3 Å². The Morgan fingerprint density at radius 1 is 0.722 bits per heavy atom. The van der Waals surface area contributed by atoms with Crippen LogP contribution in [0, 0.1) is 0 Å². The van der Waals surface area contributed by atoms with Crippen LogP contribution < -0.4 is 29.6 Å². The molecular weight excluding hydrogens is 477 g/mol. The van der Waals surface area contributed by atoms with Gasteiger partial charge in [0.05, 0.1) is 39.7 Å². The van der Waals surface area contributed by atoms with Crippen molar-refractivity contribution in [1.82, 2.24) is 0 Å². The van der Waals surface area contributed by atoms with Crippen LogP contribution in [0.2, 0.25) is 0 Å². The molecule has 190 valence electrons. The Hall–Kier alpha value is -4.34. The fourth-order valence-electron chi connectivity index (χ4n) is 3.34. The van der Waals surface area contributed by atoms with Crippen molar-refractivity contribution >= 4 is 29.6 Å². The summed E-state index contributed by atoms with van der Waals surface area (Å²) >= 11 is 0. The summed E-state index contributed by atoms with van der Waals surface area (Å²) in [7, 11) is 6.04. The fraction of sp³-hybridized carbons (Fsp3) is 0.192. The van der Waals surface area contributed by atoms with E-state index in [2.05, 4.69) is 10.6 Å². The van der Waals surface area contributed by atoms with Crippen molar-refractivity contribution in [3.63, 3.8) is 0 Å². The maximum Gasteiger partial charge on any atom is 0.416 e. The van der Waals surface area contributed by atoms with Crippen LogP contribution >= 0.6 is 0 Å². The minimum atomic E-state index is -4.45. The topological polar surface area (TPSA) is 78.1 Å². The van der Waals surface area contributed by atoms with Gasteiger partial charge in [0.2, 0.25) is 5.75 Å². The Morgan fingerprint density at radius 3 is 1.83 bits per heavy atom. The van der Waals surface area contributed by atoms with Gasteiger partial charge in [-0.3, -0.25) is 0 Å². The Labute approximate surface area is 206 Å². The van der Waals surface area contributed by atoms with Gasteiger partial charge in [-0.1, -0.05) is 18.2 Å². The lowest BCUT2D eigenvalue weighted by Crippen LogP contribution is -2.20. The molecule has 3 aromatic rings. The lowest BCUT2D eigenvalue weighted by Gasteiger charge is -2.13. The normalized spacial score (nSPS) is 11.2. The molecule has 0 heterocycles. The van der Waals surface area contributed by atoms with Crippen LogP contribution in [0.4, 0.5) is 29.3 Å². The van der Waals surface area contributed by atoms with Crippen molar-refractivity contribution in [3.8, 4) is 23.0 Å². The smallest absolute Gasteiger partial charge is 0.416 e. The summed E-state index contributed by atoms with van der Waals surface area (Å²) in [5.74, 6) is 1.90. The average molecular weight is 502 g/mol. The Bertz CT molecular complexity index is 1220. The first-order chi connectivity index (χ1) is 17.2. The minimum absolute atomic E-state index is 0.206. The number of nitrogens with one attached hydrogen (secondary N) is 2. The summed E-state index contributed by atoms with van der Waals surface area (Å²) in [6.45, 7) is 0. The van der Waals surface area contributed by atoms with E-state index >= 15 is 0 Å². The number of anilines is 2. The number of benzene rings is 3. The third-order valence-electron chi connectivity index (χ3n) is 5.10. The number of carbonyl (C=O) groups excluding carboxylic acids is 1. The van der Waals surface area contributed by atoms with E-state index in [1.54, 1.807) is 30.3 Å². The second-order valence-corrected chi connectivity index (χ2v) is 7.41. The van der Waals surface area contributed by atoms with E-state index < -0.39 is 17.8 Å². The van der Waals surface area contributed by atoms with Gasteiger partial charge >= 0.3 is 12.2 Å². The molecule has 0 bridgehead atoms. The number of hydrogen-bond donors (Lipinski definition) is 2. The summed E-state index contributed by atoms with van der Waals surface area (Å²) in [5.41, 5.74) is 1.30. The van der Waals surface area contributed by atoms with E-state index in [9.17, 15) is 18.0 Å². The van der Waals surface area contributed by atoms with Crippen LogP contribution in [-0.4, -0.2) is 34.5 Å². The van der Waals surface area contributed by atoms with Crippen LogP contribution in [0.5, 0.6) is 23.0 Å². The van der Waals surface area contributed by atoms with Crippen molar-refractivity contribution in [1.29, 1.82) is 0 Å². The SMILES string of the molecule is COc1ccc(/C=C\c2cc(OC)c(OC)c(OC)c2)cc1NC(=O)Nc1ccc(C(F)(F)F)cc1. The zero-order valence-electron chi connectivity index (χ0n) is 20.0. The van der Waals surface area contributed by atoms with E-state index in [1.165, 1.54) is 40.6 Å². The van der Waals surface area contributed by atoms with Gasteiger partial charge in [-0.05, 0) is 59.7 Å². The van der Waals surface area contributed by atoms with Crippen LogP contribution in [0.25, 0.3) is 12.2 Å². The monoisotopic (exact) mass is 502 g/mol. The number of halogens is 3. The van der Waals surface area contributed by atoms with Crippen LogP contribution in [0.15, 0.2) is 54.6 Å². The first-order valence-electron chi connectivity index (χ1n) is 10.6. The summed E-state index contributed by atoms with van der Waals surface area (Å²) in [6, 6.07) is 12.3. The highest BCUT2D eigenvalue weighted by molar-refractivity contribution is 6.01. The molecule has 0 aliphatic heterocycles. The highest BCUT2D eigenvalue weighted by Crippen LogP contribution is 2.38. The maximum absolute atomic E-state index is 12.7. The number of alkyl halides is 3. The standard InChI is InChI=1S/C26H25F3N2O5/c1-33-21-12-7-16(5-6-17-14-22(34-2)24(36-4)23(15-17)35-3)13-20(21)31-25(32)30-19-10-8-18(9-11-19)26(27,28)29/h5-15H,1-4H3,(H2,30,31,32)/b6-5-. The average Bonchev–Trinajstić information content (AvgIpc) is 2.86. The van der Waals surface area contributed by atoms with Gasteiger partial charge in [-0.2, -0.15) is 13.2 Å². The number of urea groups is 1. The van der Waals surface area contributed by atoms with Crippen LogP contribution in [0.3, 0.4) is 0 Å². The molecule has 2 amide bonds. The molecule has 0 aliphatic rings. The quantitative estimate of drug-likeness (QED) is 0.342. The van der Waals surface area contributed by atoms with Gasteiger partial charge in [0, 0.05) is 5.69 Å². The van der Waals surface area contributed by atoms with E-state index in [0.29, 0.717) is 28.7 Å². The summed E-state index contributed by atoms with van der Waals surface area (Å²) < 4.78 is 59.6. The van der Waals surface area contributed by atoms with E-state index in [1.807, 2.05) is 12.2 Å². The van der Waals surface area contributed by atoms with Gasteiger partial charge < -0.3 is 29.6 Å². The first kappa shape index (κ1) is 26.3. The predicted octanol–water partition coefficient (Wildman–Crippen LogP) is 6.55. The number of hydrogen-bond acceptors (Lipinski definition) is 5. The molecule has 0 saturated heterocycles. The number of ether oxygens (including phenoxy) is 4. The van der Waals surface area contributed by atoms with Gasteiger partial charge in [-0.25, -0.2) is 4.79 Å². The predicted molar refractivity (Wildman–Crippen MR) is 132 cm³/mol. The Morgan fingerprint density at radius 2 is 1.31 bits per heavy atom. The Balaban J connectivity index is 1.78. The number of amides is 2. The molecule has 0 spiro atoms. The zero-order valence-corrected chi connectivity index (χ0v) is 20.0. The highest BCUT2D eigenvalue weighted by Gasteiger charge is 2.30. The molecule has 0 atom stereocenters. The Kier molecular flexibility index (Phi) is 8.31. The molecule has 3 rings (SSSR count). The molecule has 0 unspecified atom stereocenters. The molecule has 0 aromatic heterocycles. The molecule has 7 nitrogen and oxygen atoms in total. The molecular formula is C26H25F3N2O5. The number of methoxy groups -OCH3 is 4. The molecule has 3 aromatic carbocycles. The van der Waals surface area contributed by atoms with E-state index in [-0.39, 0.29) is 5.69 Å². The second-order valence-electron chi connectivity index (χ2n) is 7.41. The summed E-state index contributed by atoms with van der Waals surface area (Å²) in [6.07, 6.45) is -0.804. The molecule has 10 heteroatoms. The third-order valence-corrected chi connectivity index (χ3v) is 5.10. The minimum Gasteiger partial charge on any atom is -0.495 e. The number of carbonyl (C=O) groups is 1. The van der Waals surface area contributed by atoms with Gasteiger partial charge in [0.15, 0.2) is 11.5 Å². The van der Waals surface area contributed by atoms with Gasteiger partial charge in [0.25, 0.3) is 0 Å². The summed E-state index contributed by atoms with van der Waals surface area (Å²) in [4.78, 5) is 12.5. The van der Waals surface area contributed by atoms with E-state index in [4.69, 9.17) is 18.9 Å². The van der Waals surface area contributed by atoms with Crippen LogP contribution in [-0.2, 0) is 6.18 Å². The molecule has 0 aliphatic carbocycles. The van der Waals surface area contributed by atoms with Crippen molar-refractivity contribution in [3.05, 3.63) is 71.3 Å². The molecule has 36 heavy (non-hydrogen) atoms. The van der Waals surface area contributed by atoms with Crippen molar-refractivity contribution in [2.24, 2.45) is 0 Å². The van der Waals surface area contributed by atoms with Gasteiger partial charge in [0.1, 0.15) is 5.75 Å². The van der Waals surface area contributed by atoms with Crippen LogP contribution in [0.1, 0.15) is 16.7 Å². The lowest BCUT2D eigenvalue weighted by atomic mass is 10.1. The molecule has 0 saturated carbocycles. The molecule has 2 N–H and O–H groups in total. The second kappa shape index (κ2) is 11.4. The summed E-state index contributed by atoms with van der Waals surface area (Å²) in [5, 5.41) is 5.16. The maximum atomic E-state index is 12.7.